The molecule has 148 valence electrons. The van der Waals surface area contributed by atoms with Crippen molar-refractivity contribution in [1.29, 1.82) is 0 Å². The second-order valence-electron chi connectivity index (χ2n) is 7.06. The fourth-order valence-corrected chi connectivity index (χ4v) is 3.52. The van der Waals surface area contributed by atoms with Crippen molar-refractivity contribution in [3.05, 3.63) is 59.9 Å². The molecular weight excluding hydrogens is 357 g/mol. The van der Waals surface area contributed by atoms with Crippen LogP contribution in [0.2, 0.25) is 0 Å². The molecule has 6 heteroatoms. The SMILES string of the molecule is CC(=O)Nc1cc(F)ccc1C(=O)CCCN1CCN(c2ccccc2)CC1. The standard InChI is InChI=1S/C22H26FN3O2/c1-17(27)24-21-16-18(23)9-10-20(21)22(28)8-5-11-25-12-14-26(15-13-25)19-6-3-2-4-7-19/h2-4,6-7,9-10,16H,5,8,11-15H2,1H3,(H,24,27). The first-order valence-electron chi connectivity index (χ1n) is 9.65. The van der Waals surface area contributed by atoms with Gasteiger partial charge >= 0.3 is 0 Å². The molecule has 1 saturated heterocycles. The Morgan fingerprint density at radius 2 is 1.75 bits per heavy atom. The Hall–Kier alpha value is -2.73. The highest BCUT2D eigenvalue weighted by molar-refractivity contribution is 6.04. The summed E-state index contributed by atoms with van der Waals surface area (Å²) in [5, 5.41) is 2.54. The molecule has 1 aliphatic heterocycles. The molecular formula is C22H26FN3O2. The molecule has 0 aliphatic carbocycles. The smallest absolute Gasteiger partial charge is 0.221 e. The first-order chi connectivity index (χ1) is 13.5. The number of nitrogens with zero attached hydrogens (tertiary/aromatic N) is 2. The molecule has 0 aromatic heterocycles. The summed E-state index contributed by atoms with van der Waals surface area (Å²) in [7, 11) is 0. The third kappa shape index (κ3) is 5.39. The minimum absolute atomic E-state index is 0.0772. The van der Waals surface area contributed by atoms with Crippen LogP contribution in [-0.2, 0) is 4.79 Å². The summed E-state index contributed by atoms with van der Waals surface area (Å²) in [4.78, 5) is 28.6. The van der Waals surface area contributed by atoms with Gasteiger partial charge in [0.15, 0.2) is 5.78 Å². The van der Waals surface area contributed by atoms with Crippen molar-refractivity contribution in [2.24, 2.45) is 0 Å². The van der Waals surface area contributed by atoms with E-state index in [0.717, 1.165) is 39.1 Å². The third-order valence-corrected chi connectivity index (χ3v) is 4.96. The number of carbonyl (C=O) groups is 2. The fourth-order valence-electron chi connectivity index (χ4n) is 3.52. The largest absolute Gasteiger partial charge is 0.369 e. The van der Waals surface area contributed by atoms with Crippen molar-refractivity contribution in [3.63, 3.8) is 0 Å². The lowest BCUT2D eigenvalue weighted by molar-refractivity contribution is -0.114. The molecule has 1 heterocycles. The van der Waals surface area contributed by atoms with Gasteiger partial charge in [-0.3, -0.25) is 14.5 Å². The summed E-state index contributed by atoms with van der Waals surface area (Å²) < 4.78 is 13.4. The van der Waals surface area contributed by atoms with Gasteiger partial charge in [-0.25, -0.2) is 4.39 Å². The number of piperazine rings is 1. The van der Waals surface area contributed by atoms with E-state index in [-0.39, 0.29) is 17.4 Å². The van der Waals surface area contributed by atoms with Crippen LogP contribution < -0.4 is 10.2 Å². The molecule has 5 nitrogen and oxygen atoms in total. The molecule has 0 radical (unpaired) electrons. The Labute approximate surface area is 165 Å². The average Bonchev–Trinajstić information content (AvgIpc) is 2.69. The molecule has 28 heavy (non-hydrogen) atoms. The minimum atomic E-state index is -0.475. The number of amides is 1. The second-order valence-corrected chi connectivity index (χ2v) is 7.06. The van der Waals surface area contributed by atoms with Crippen molar-refractivity contribution >= 4 is 23.1 Å². The predicted molar refractivity (Wildman–Crippen MR) is 109 cm³/mol. The molecule has 1 aliphatic rings. The zero-order valence-electron chi connectivity index (χ0n) is 16.2. The van der Waals surface area contributed by atoms with Gasteiger partial charge in [-0.1, -0.05) is 18.2 Å². The van der Waals surface area contributed by atoms with Crippen LogP contribution in [0.5, 0.6) is 0 Å². The summed E-state index contributed by atoms with van der Waals surface area (Å²) in [6.45, 7) is 6.08. The molecule has 1 fully saturated rings. The van der Waals surface area contributed by atoms with Crippen LogP contribution in [-0.4, -0.2) is 49.3 Å². The highest BCUT2D eigenvalue weighted by Gasteiger charge is 2.18. The quantitative estimate of drug-likeness (QED) is 0.743. The Bertz CT molecular complexity index is 818. The number of carbonyl (C=O) groups excluding carboxylic acids is 2. The number of rotatable bonds is 7. The number of ketones is 1. The van der Waals surface area contributed by atoms with Gasteiger partial charge in [-0.15, -0.1) is 0 Å². The van der Waals surface area contributed by atoms with E-state index >= 15 is 0 Å². The number of hydrogen-bond donors (Lipinski definition) is 1. The Morgan fingerprint density at radius 3 is 2.43 bits per heavy atom. The van der Waals surface area contributed by atoms with Gasteiger partial charge in [0.1, 0.15) is 5.82 Å². The van der Waals surface area contributed by atoms with E-state index in [1.807, 2.05) is 6.07 Å². The highest BCUT2D eigenvalue weighted by Crippen LogP contribution is 2.20. The van der Waals surface area contributed by atoms with E-state index < -0.39 is 5.82 Å². The highest BCUT2D eigenvalue weighted by atomic mass is 19.1. The maximum absolute atomic E-state index is 13.4. The van der Waals surface area contributed by atoms with Crippen molar-refractivity contribution in [2.45, 2.75) is 19.8 Å². The van der Waals surface area contributed by atoms with Crippen molar-refractivity contribution in [3.8, 4) is 0 Å². The Kier molecular flexibility index (Phi) is 6.76. The van der Waals surface area contributed by atoms with Crippen LogP contribution in [0, 0.1) is 5.82 Å². The van der Waals surface area contributed by atoms with Gasteiger partial charge in [-0.05, 0) is 43.3 Å². The predicted octanol–water partition coefficient (Wildman–Crippen LogP) is 3.57. The average molecular weight is 383 g/mol. The van der Waals surface area contributed by atoms with Gasteiger partial charge in [0.2, 0.25) is 5.91 Å². The molecule has 0 spiro atoms. The number of benzene rings is 2. The van der Waals surface area contributed by atoms with Crippen LogP contribution in [0.4, 0.5) is 15.8 Å². The fraction of sp³-hybridized carbons (Fsp3) is 0.364. The summed E-state index contributed by atoms with van der Waals surface area (Å²) in [5.41, 5.74) is 1.86. The summed E-state index contributed by atoms with van der Waals surface area (Å²) >= 11 is 0. The molecule has 0 unspecified atom stereocenters. The maximum atomic E-state index is 13.4. The lowest BCUT2D eigenvalue weighted by Crippen LogP contribution is -2.46. The molecule has 1 N–H and O–H groups in total. The molecule has 0 saturated carbocycles. The molecule has 3 rings (SSSR count). The topological polar surface area (TPSA) is 52.7 Å². The zero-order valence-corrected chi connectivity index (χ0v) is 16.2. The van der Waals surface area contributed by atoms with Gasteiger partial charge in [0, 0.05) is 50.8 Å². The Morgan fingerprint density at radius 1 is 1.04 bits per heavy atom. The van der Waals surface area contributed by atoms with Crippen molar-refractivity contribution in [2.75, 3.05) is 42.9 Å². The Balaban J connectivity index is 1.47. The van der Waals surface area contributed by atoms with Crippen LogP contribution in [0.3, 0.4) is 0 Å². The number of hydrogen-bond acceptors (Lipinski definition) is 4. The first-order valence-corrected chi connectivity index (χ1v) is 9.65. The third-order valence-electron chi connectivity index (χ3n) is 4.96. The van der Waals surface area contributed by atoms with Gasteiger partial charge in [0.05, 0.1) is 5.69 Å². The molecule has 2 aromatic carbocycles. The van der Waals surface area contributed by atoms with Crippen LogP contribution >= 0.6 is 0 Å². The van der Waals surface area contributed by atoms with Gasteiger partial charge in [0.25, 0.3) is 0 Å². The number of Topliss-reactive ketones (excluding diaryl/α,β-unsaturated/α-hetero) is 1. The van der Waals surface area contributed by atoms with E-state index in [0.29, 0.717) is 12.0 Å². The molecule has 0 atom stereocenters. The maximum Gasteiger partial charge on any atom is 0.221 e. The van der Waals surface area contributed by atoms with Crippen molar-refractivity contribution < 1.29 is 14.0 Å². The molecule has 1 amide bonds. The summed E-state index contributed by atoms with van der Waals surface area (Å²) in [6.07, 6.45) is 1.11. The number of anilines is 2. The van der Waals surface area contributed by atoms with E-state index in [4.69, 9.17) is 0 Å². The van der Waals surface area contributed by atoms with E-state index in [1.165, 1.54) is 30.8 Å². The van der Waals surface area contributed by atoms with E-state index in [2.05, 4.69) is 39.4 Å². The zero-order chi connectivity index (χ0) is 19.9. The number of halogens is 1. The first kappa shape index (κ1) is 20.0. The molecule has 0 bridgehead atoms. The lowest BCUT2D eigenvalue weighted by atomic mass is 10.0. The van der Waals surface area contributed by atoms with E-state index in [1.54, 1.807) is 0 Å². The number of para-hydroxylation sites is 1. The van der Waals surface area contributed by atoms with Crippen LogP contribution in [0.25, 0.3) is 0 Å². The van der Waals surface area contributed by atoms with E-state index in [9.17, 15) is 14.0 Å². The minimum Gasteiger partial charge on any atom is -0.369 e. The second kappa shape index (κ2) is 9.46. The van der Waals surface area contributed by atoms with Crippen molar-refractivity contribution in [1.82, 2.24) is 4.90 Å². The number of nitrogens with one attached hydrogen (secondary N) is 1. The van der Waals surface area contributed by atoms with Gasteiger partial charge in [-0.2, -0.15) is 0 Å². The monoisotopic (exact) mass is 383 g/mol. The summed E-state index contributed by atoms with van der Waals surface area (Å²) in [5.74, 6) is -0.876. The van der Waals surface area contributed by atoms with Gasteiger partial charge < -0.3 is 10.2 Å². The molecule has 2 aromatic rings. The van der Waals surface area contributed by atoms with Crippen LogP contribution in [0.1, 0.15) is 30.1 Å². The van der Waals surface area contributed by atoms with Crippen LogP contribution in [0.15, 0.2) is 48.5 Å². The lowest BCUT2D eigenvalue weighted by Gasteiger charge is -2.36. The normalized spacial score (nSPS) is 14.7. The summed E-state index contributed by atoms with van der Waals surface area (Å²) in [6, 6.07) is 14.3.